The molecule has 1 aliphatic heterocycles. The van der Waals surface area contributed by atoms with Gasteiger partial charge in [-0.25, -0.2) is 0 Å². The van der Waals surface area contributed by atoms with E-state index in [4.69, 9.17) is 4.74 Å². The van der Waals surface area contributed by atoms with Crippen LogP contribution in [0.5, 0.6) is 0 Å². The summed E-state index contributed by atoms with van der Waals surface area (Å²) in [5.74, 6) is 0. The lowest BCUT2D eigenvalue weighted by molar-refractivity contribution is 0.0343. The van der Waals surface area contributed by atoms with Crippen molar-refractivity contribution in [2.24, 2.45) is 7.05 Å². The van der Waals surface area contributed by atoms with Crippen LogP contribution in [0.2, 0.25) is 0 Å². The summed E-state index contributed by atoms with van der Waals surface area (Å²) in [4.78, 5) is 2.46. The quantitative estimate of drug-likeness (QED) is 0.830. The standard InChI is InChI=1S/C13H24N4O/c1-11(9-17-4-6-18-7-5-17)14-8-13-10-16(3)15-12(13)2/h10-11,14H,4-9H2,1-3H3. The fourth-order valence-electron chi connectivity index (χ4n) is 2.34. The molecule has 0 bridgehead atoms. The number of aryl methyl sites for hydroxylation is 2. The van der Waals surface area contributed by atoms with E-state index < -0.39 is 0 Å². The maximum Gasteiger partial charge on any atom is 0.0638 e. The first-order valence-corrected chi connectivity index (χ1v) is 6.68. The van der Waals surface area contributed by atoms with E-state index in [0.29, 0.717) is 6.04 Å². The summed E-state index contributed by atoms with van der Waals surface area (Å²) >= 11 is 0. The first-order valence-electron chi connectivity index (χ1n) is 6.68. The number of nitrogens with zero attached hydrogens (tertiary/aromatic N) is 3. The van der Waals surface area contributed by atoms with Crippen molar-refractivity contribution in [3.63, 3.8) is 0 Å². The van der Waals surface area contributed by atoms with Gasteiger partial charge in [-0.05, 0) is 13.8 Å². The zero-order valence-electron chi connectivity index (χ0n) is 11.6. The van der Waals surface area contributed by atoms with Crippen molar-refractivity contribution in [3.8, 4) is 0 Å². The van der Waals surface area contributed by atoms with Gasteiger partial charge in [-0.1, -0.05) is 0 Å². The van der Waals surface area contributed by atoms with Gasteiger partial charge in [-0.3, -0.25) is 9.58 Å². The van der Waals surface area contributed by atoms with Crippen LogP contribution in [0.3, 0.4) is 0 Å². The number of hydrogen-bond acceptors (Lipinski definition) is 4. The van der Waals surface area contributed by atoms with Crippen LogP contribution in [0.15, 0.2) is 6.20 Å². The predicted octanol–water partition coefficient (Wildman–Crippen LogP) is 0.539. The molecule has 1 saturated heterocycles. The molecule has 1 atom stereocenters. The Balaban J connectivity index is 1.74. The summed E-state index contributed by atoms with van der Waals surface area (Å²) < 4.78 is 7.23. The molecule has 18 heavy (non-hydrogen) atoms. The molecule has 0 radical (unpaired) electrons. The molecule has 0 spiro atoms. The van der Waals surface area contributed by atoms with Crippen molar-refractivity contribution in [2.45, 2.75) is 26.4 Å². The van der Waals surface area contributed by atoms with Crippen molar-refractivity contribution >= 4 is 0 Å². The van der Waals surface area contributed by atoms with Crippen LogP contribution in [0.1, 0.15) is 18.2 Å². The summed E-state index contributed by atoms with van der Waals surface area (Å²) in [7, 11) is 1.97. The molecule has 1 unspecified atom stereocenters. The highest BCUT2D eigenvalue weighted by Crippen LogP contribution is 2.05. The minimum atomic E-state index is 0.489. The number of morpholine rings is 1. The van der Waals surface area contributed by atoms with E-state index >= 15 is 0 Å². The molecule has 0 saturated carbocycles. The van der Waals surface area contributed by atoms with Crippen molar-refractivity contribution in [2.75, 3.05) is 32.8 Å². The molecular weight excluding hydrogens is 228 g/mol. The molecule has 0 amide bonds. The molecule has 2 rings (SSSR count). The maximum atomic E-state index is 5.36. The largest absolute Gasteiger partial charge is 0.379 e. The average molecular weight is 252 g/mol. The Morgan fingerprint density at radius 2 is 2.17 bits per heavy atom. The summed E-state index contributed by atoms with van der Waals surface area (Å²) in [5, 5.41) is 7.92. The third-order valence-electron chi connectivity index (χ3n) is 3.39. The van der Waals surface area contributed by atoms with Gasteiger partial charge in [0.05, 0.1) is 18.9 Å². The predicted molar refractivity (Wildman–Crippen MR) is 71.5 cm³/mol. The van der Waals surface area contributed by atoms with Crippen LogP contribution in [0.4, 0.5) is 0 Å². The van der Waals surface area contributed by atoms with Gasteiger partial charge in [0.2, 0.25) is 0 Å². The molecule has 0 aliphatic carbocycles. The average Bonchev–Trinajstić information content (AvgIpc) is 2.66. The molecule has 1 fully saturated rings. The second-order valence-electron chi connectivity index (χ2n) is 5.11. The van der Waals surface area contributed by atoms with E-state index in [1.54, 1.807) is 0 Å². The lowest BCUT2D eigenvalue weighted by atomic mass is 10.2. The lowest BCUT2D eigenvalue weighted by Crippen LogP contribution is -2.44. The summed E-state index contributed by atoms with van der Waals surface area (Å²) in [5.41, 5.74) is 2.40. The molecule has 5 nitrogen and oxygen atoms in total. The second kappa shape index (κ2) is 6.31. The Hall–Kier alpha value is -0.910. The number of hydrogen-bond donors (Lipinski definition) is 1. The van der Waals surface area contributed by atoms with E-state index in [1.807, 2.05) is 11.7 Å². The van der Waals surface area contributed by atoms with E-state index in [0.717, 1.165) is 45.1 Å². The normalized spacial score (nSPS) is 19.1. The van der Waals surface area contributed by atoms with Gasteiger partial charge in [-0.15, -0.1) is 0 Å². The summed E-state index contributed by atoms with van der Waals surface area (Å²) in [6.07, 6.45) is 2.09. The minimum absolute atomic E-state index is 0.489. The summed E-state index contributed by atoms with van der Waals surface area (Å²) in [6, 6.07) is 0.489. The van der Waals surface area contributed by atoms with Crippen molar-refractivity contribution < 1.29 is 4.74 Å². The second-order valence-corrected chi connectivity index (χ2v) is 5.11. The zero-order valence-corrected chi connectivity index (χ0v) is 11.6. The molecule has 5 heteroatoms. The smallest absolute Gasteiger partial charge is 0.0638 e. The Morgan fingerprint density at radius 3 is 2.78 bits per heavy atom. The molecule has 1 aromatic rings. The summed E-state index contributed by atoms with van der Waals surface area (Å²) in [6.45, 7) is 10.1. The van der Waals surface area contributed by atoms with Crippen LogP contribution in [0, 0.1) is 6.92 Å². The van der Waals surface area contributed by atoms with Gasteiger partial charge in [0.1, 0.15) is 0 Å². The zero-order chi connectivity index (χ0) is 13.0. The number of ether oxygens (including phenoxy) is 1. The molecule has 0 aromatic carbocycles. The highest BCUT2D eigenvalue weighted by Gasteiger charge is 2.13. The van der Waals surface area contributed by atoms with Gasteiger partial charge >= 0.3 is 0 Å². The van der Waals surface area contributed by atoms with Gasteiger partial charge in [0.15, 0.2) is 0 Å². The Morgan fingerprint density at radius 1 is 1.44 bits per heavy atom. The third kappa shape index (κ3) is 3.80. The topological polar surface area (TPSA) is 42.3 Å². The van der Waals surface area contributed by atoms with Gasteiger partial charge in [0, 0.05) is 51.0 Å². The number of rotatable bonds is 5. The Bertz CT molecular complexity index is 371. The van der Waals surface area contributed by atoms with Gasteiger partial charge < -0.3 is 10.1 Å². The highest BCUT2D eigenvalue weighted by molar-refractivity contribution is 5.14. The number of nitrogens with one attached hydrogen (secondary N) is 1. The fraction of sp³-hybridized carbons (Fsp3) is 0.769. The molecule has 1 aromatic heterocycles. The first-order chi connectivity index (χ1) is 8.65. The number of aromatic nitrogens is 2. The Kier molecular flexibility index (Phi) is 4.74. The Labute approximate surface area is 109 Å². The van der Waals surface area contributed by atoms with E-state index in [9.17, 15) is 0 Å². The monoisotopic (exact) mass is 252 g/mol. The lowest BCUT2D eigenvalue weighted by Gasteiger charge is -2.29. The van der Waals surface area contributed by atoms with Crippen LogP contribution in [0.25, 0.3) is 0 Å². The molecule has 1 aliphatic rings. The van der Waals surface area contributed by atoms with Crippen LogP contribution < -0.4 is 5.32 Å². The van der Waals surface area contributed by atoms with Crippen molar-refractivity contribution in [3.05, 3.63) is 17.5 Å². The first kappa shape index (κ1) is 13.5. The fourth-order valence-corrected chi connectivity index (χ4v) is 2.34. The van der Waals surface area contributed by atoms with Gasteiger partial charge in [-0.2, -0.15) is 5.10 Å². The van der Waals surface area contributed by atoms with Crippen LogP contribution in [-0.2, 0) is 18.3 Å². The molecule has 1 N–H and O–H groups in total. The SMILES string of the molecule is Cc1nn(C)cc1CNC(C)CN1CCOCC1. The minimum Gasteiger partial charge on any atom is -0.379 e. The van der Waals surface area contributed by atoms with Crippen molar-refractivity contribution in [1.82, 2.24) is 20.0 Å². The molecule has 2 heterocycles. The maximum absolute atomic E-state index is 5.36. The third-order valence-corrected chi connectivity index (χ3v) is 3.39. The van der Waals surface area contributed by atoms with E-state index in [-0.39, 0.29) is 0 Å². The van der Waals surface area contributed by atoms with Gasteiger partial charge in [0.25, 0.3) is 0 Å². The van der Waals surface area contributed by atoms with Crippen molar-refractivity contribution in [1.29, 1.82) is 0 Å². The van der Waals surface area contributed by atoms with Crippen LogP contribution >= 0.6 is 0 Å². The molecule has 102 valence electrons. The van der Waals surface area contributed by atoms with E-state index in [2.05, 4.69) is 35.4 Å². The van der Waals surface area contributed by atoms with E-state index in [1.165, 1.54) is 5.56 Å². The van der Waals surface area contributed by atoms with Crippen LogP contribution in [-0.4, -0.2) is 53.6 Å². The molecular formula is C13H24N4O. The highest BCUT2D eigenvalue weighted by atomic mass is 16.5.